The van der Waals surface area contributed by atoms with Gasteiger partial charge in [0.25, 0.3) is 0 Å². The number of ketones is 1. The van der Waals surface area contributed by atoms with E-state index in [4.69, 9.17) is 20.6 Å². The van der Waals surface area contributed by atoms with Crippen molar-refractivity contribution in [2.45, 2.75) is 100 Å². The Morgan fingerprint density at radius 3 is 2.15 bits per heavy atom. The van der Waals surface area contributed by atoms with Crippen LogP contribution >= 0.6 is 21.6 Å². The summed E-state index contributed by atoms with van der Waals surface area (Å²) >= 11 is 0. The Hall–Kier alpha value is -5.25. The Morgan fingerprint density at radius 1 is 0.971 bits per heavy atom. The van der Waals surface area contributed by atoms with Gasteiger partial charge in [-0.05, 0) is 105 Å². The first-order valence-corrected chi connectivity index (χ1v) is 25.2. The van der Waals surface area contributed by atoms with Gasteiger partial charge in [-0.2, -0.15) is 0 Å². The number of Topliss-reactive ketones (excluding diaryl/α,β-unsaturated/α-hetero) is 1. The largest absolute Gasteiger partial charge is 0.497 e. The molecule has 1 atom stereocenters. The number of ether oxygens (including phenoxy) is 4. The minimum atomic E-state index is -0.984. The lowest BCUT2D eigenvalue weighted by Crippen LogP contribution is -2.43. The summed E-state index contributed by atoms with van der Waals surface area (Å²) in [7, 11) is 8.46. The molecule has 2 aromatic rings. The van der Waals surface area contributed by atoms with Gasteiger partial charge in [0.15, 0.2) is 23.6 Å². The zero-order chi connectivity index (χ0) is 51.3. The maximum atomic E-state index is 12.3. The second-order valence-corrected chi connectivity index (χ2v) is 21.5. The number of nitrogens with zero attached hydrogens (tertiary/aromatic N) is 1. The van der Waals surface area contributed by atoms with Gasteiger partial charge in [-0.25, -0.2) is 4.79 Å². The molecule has 0 radical (unpaired) electrons. The number of benzene rings is 2. The van der Waals surface area contributed by atoms with Crippen LogP contribution in [0.15, 0.2) is 77.7 Å². The molecule has 1 aliphatic heterocycles. The van der Waals surface area contributed by atoms with Crippen molar-refractivity contribution in [1.29, 1.82) is 0 Å². The third kappa shape index (κ3) is 17.7. The number of allylic oxidation sites excluding steroid dienone is 5. The number of carbonyl (C=O) groups excluding carboxylic acids is 3. The van der Waals surface area contributed by atoms with Crippen LogP contribution in [-0.4, -0.2) is 105 Å². The van der Waals surface area contributed by atoms with Crippen LogP contribution < -0.4 is 24.8 Å². The molecule has 4 rings (SSSR count). The standard InChI is InChI=1S/C35H52N2O6.C12H17NO3S2.C7H6/c1-32(2,21-39)33(3,4)22-42-31-17-29(26(20-38)16-30(31)43-23-34(5,6)35(7,8)40)36-18-27-15-25(19-37(27)9)24-11-13-28(41-10)14-12-24;1-8-9(6-7-18-17-3)4-5-10(14)11(8)13-12(15)16-2;1-3-5-7-6-4-2/h11-14,16-17,19-20,27,36,39-40H,15,18,21-23H2,1-10H3;6H,4-5,7H2,1-3H3,(H,13,15);1,5,7H,2H3/b;9-6-;7-5-. The fraction of sp³-hybridized carbons (Fsp3) is 0.500. The summed E-state index contributed by atoms with van der Waals surface area (Å²) in [6.45, 7) is 20.3. The monoisotopic (exact) mass is 973 g/mol. The highest BCUT2D eigenvalue weighted by Gasteiger charge is 2.38. The number of aldehydes is 1. The van der Waals surface area contributed by atoms with Crippen LogP contribution in [0.5, 0.6) is 17.2 Å². The number of hydrogen-bond acceptors (Lipinski definition) is 13. The van der Waals surface area contributed by atoms with Crippen LogP contribution in [0, 0.1) is 40.4 Å². The summed E-state index contributed by atoms with van der Waals surface area (Å²) < 4.78 is 22.4. The Balaban J connectivity index is 0.000000519. The number of carbonyl (C=O) groups is 3. The van der Waals surface area contributed by atoms with E-state index in [2.05, 4.69) is 83.3 Å². The lowest BCUT2D eigenvalue weighted by molar-refractivity contribution is -0.116. The number of likely N-dealkylation sites (N-methyl/N-ethyl adjacent to an activating group) is 1. The average Bonchev–Trinajstić information content (AvgIpc) is 3.68. The number of rotatable bonds is 19. The molecule has 2 aromatic carbocycles. The predicted molar refractivity (Wildman–Crippen MR) is 281 cm³/mol. The van der Waals surface area contributed by atoms with E-state index in [-0.39, 0.29) is 35.9 Å². The molecule has 12 nitrogen and oxygen atoms in total. The quantitative estimate of drug-likeness (QED) is 0.0457. The third-order valence-electron chi connectivity index (χ3n) is 12.8. The fourth-order valence-corrected chi connectivity index (χ4v) is 7.29. The molecule has 14 heteroatoms. The summed E-state index contributed by atoms with van der Waals surface area (Å²) in [4.78, 5) is 37.4. The van der Waals surface area contributed by atoms with Gasteiger partial charge >= 0.3 is 6.09 Å². The van der Waals surface area contributed by atoms with Crippen molar-refractivity contribution in [3.63, 3.8) is 0 Å². The molecule has 1 aliphatic carbocycles. The highest BCUT2D eigenvalue weighted by molar-refractivity contribution is 8.76. The first-order chi connectivity index (χ1) is 32.0. The van der Waals surface area contributed by atoms with E-state index in [1.165, 1.54) is 12.7 Å². The van der Waals surface area contributed by atoms with Gasteiger partial charge in [0, 0.05) is 72.8 Å². The van der Waals surface area contributed by atoms with Crippen LogP contribution in [-0.2, 0) is 9.53 Å². The van der Waals surface area contributed by atoms with Crippen molar-refractivity contribution in [1.82, 2.24) is 10.2 Å². The number of aliphatic hydroxyl groups is 2. The Labute approximate surface area is 414 Å². The number of hydrogen-bond donors (Lipinski definition) is 4. The molecule has 0 saturated carbocycles. The number of terminal acetylenes is 1. The van der Waals surface area contributed by atoms with Gasteiger partial charge in [-0.1, -0.05) is 93.2 Å². The van der Waals surface area contributed by atoms with E-state index in [9.17, 15) is 24.6 Å². The molecule has 1 unspecified atom stereocenters. The van der Waals surface area contributed by atoms with Gasteiger partial charge < -0.3 is 39.4 Å². The molecule has 372 valence electrons. The molecule has 4 N–H and O–H groups in total. The molecule has 2 aliphatic rings. The molecule has 1 heterocycles. The molecule has 0 fully saturated rings. The van der Waals surface area contributed by atoms with Crippen LogP contribution in [0.2, 0.25) is 0 Å². The molecule has 0 bridgehead atoms. The summed E-state index contributed by atoms with van der Waals surface area (Å²) in [5.74, 6) is 10.3. The zero-order valence-corrected chi connectivity index (χ0v) is 44.3. The molecule has 0 spiro atoms. The molecule has 68 heavy (non-hydrogen) atoms. The molecule has 1 amide bonds. The Kier molecular flexibility index (Phi) is 24.0. The highest BCUT2D eigenvalue weighted by Crippen LogP contribution is 2.42. The second kappa shape index (κ2) is 27.7. The second-order valence-electron chi connectivity index (χ2n) is 18.9. The lowest BCUT2D eigenvalue weighted by atomic mass is 9.69. The van der Waals surface area contributed by atoms with Crippen molar-refractivity contribution in [3.05, 3.63) is 88.8 Å². The number of methoxy groups -OCH3 is 2. The number of anilines is 1. The van der Waals surface area contributed by atoms with Gasteiger partial charge in [0.2, 0.25) is 0 Å². The first-order valence-electron chi connectivity index (χ1n) is 22.5. The smallest absolute Gasteiger partial charge is 0.411 e. The van der Waals surface area contributed by atoms with Gasteiger partial charge in [0.05, 0.1) is 38.7 Å². The number of aliphatic hydroxyl groups excluding tert-OH is 1. The minimum absolute atomic E-state index is 0.0187. The van der Waals surface area contributed by atoms with Crippen molar-refractivity contribution >= 4 is 51.0 Å². The normalized spacial score (nSPS) is 15.7. The summed E-state index contributed by atoms with van der Waals surface area (Å²) in [6, 6.07) is 11.8. The Morgan fingerprint density at radius 2 is 1.60 bits per heavy atom. The van der Waals surface area contributed by atoms with Crippen molar-refractivity contribution in [2.75, 3.05) is 65.0 Å². The Bertz CT molecular complexity index is 2230. The fourth-order valence-electron chi connectivity index (χ4n) is 6.28. The average molecular weight is 974 g/mol. The van der Waals surface area contributed by atoms with E-state index in [0.717, 1.165) is 47.3 Å². The SMILES string of the molecule is C#C/C=C\C#CC.COC(=O)NC1=C(C)/C(=C\CSSC)CCC1=O.COc1ccc(C2=CN(C)C(CNc3cc(OCC(C)(C)C(C)(C)CO)c(OCC(C)(C)C(C)(C)O)cc3C=O)C2)cc1. The van der Waals surface area contributed by atoms with Crippen LogP contribution in [0.4, 0.5) is 10.5 Å². The maximum Gasteiger partial charge on any atom is 0.411 e. The predicted octanol–water partition coefficient (Wildman–Crippen LogP) is 10.4. The van der Waals surface area contributed by atoms with Crippen molar-refractivity contribution in [2.24, 2.45) is 16.2 Å². The molecular formula is C54H75N3O9S2. The van der Waals surface area contributed by atoms with Gasteiger partial charge in [-0.15, -0.1) is 12.3 Å². The number of alkyl carbamates (subject to hydrolysis) is 1. The molecular weight excluding hydrogens is 899 g/mol. The van der Waals surface area contributed by atoms with E-state index in [0.29, 0.717) is 48.0 Å². The maximum absolute atomic E-state index is 12.3. The topological polar surface area (TPSA) is 156 Å². The third-order valence-corrected chi connectivity index (χ3v) is 14.4. The summed E-state index contributed by atoms with van der Waals surface area (Å²) in [6.07, 6.45) is 16.6. The number of nitrogens with one attached hydrogen (secondary N) is 2. The minimum Gasteiger partial charge on any atom is -0.497 e. The molecule has 0 aromatic heterocycles. The van der Waals surface area contributed by atoms with E-state index in [1.54, 1.807) is 67.7 Å². The van der Waals surface area contributed by atoms with E-state index >= 15 is 0 Å². The molecule has 0 saturated heterocycles. The first kappa shape index (κ1) is 58.9. The lowest BCUT2D eigenvalue weighted by Gasteiger charge is -2.40. The van der Waals surface area contributed by atoms with Crippen LogP contribution in [0.3, 0.4) is 0 Å². The number of amides is 1. The van der Waals surface area contributed by atoms with Gasteiger partial charge in [-0.3, -0.25) is 14.9 Å². The van der Waals surface area contributed by atoms with E-state index < -0.39 is 17.1 Å². The van der Waals surface area contributed by atoms with Crippen LogP contribution in [0.1, 0.15) is 104 Å². The van der Waals surface area contributed by atoms with E-state index in [1.807, 2.05) is 59.1 Å². The zero-order valence-electron chi connectivity index (χ0n) is 42.7. The van der Waals surface area contributed by atoms with Crippen molar-refractivity contribution < 1.29 is 43.5 Å². The highest BCUT2D eigenvalue weighted by atomic mass is 33.1. The summed E-state index contributed by atoms with van der Waals surface area (Å²) in [5.41, 5.74) is 3.55. The van der Waals surface area contributed by atoms with Crippen LogP contribution in [0.25, 0.3) is 5.57 Å². The van der Waals surface area contributed by atoms with Gasteiger partial charge in [0.1, 0.15) is 5.75 Å². The summed E-state index contributed by atoms with van der Waals surface area (Å²) in [5, 5.41) is 26.6. The van der Waals surface area contributed by atoms with Crippen molar-refractivity contribution in [3.8, 4) is 41.4 Å².